The minimum absolute atomic E-state index is 0.337. The van der Waals surface area contributed by atoms with Gasteiger partial charge in [-0.05, 0) is 31.9 Å². The maximum absolute atomic E-state index is 5.78. The van der Waals surface area contributed by atoms with E-state index in [1.54, 1.807) is 0 Å². The lowest BCUT2D eigenvalue weighted by molar-refractivity contribution is 0.168. The van der Waals surface area contributed by atoms with Crippen LogP contribution >= 0.6 is 0 Å². The van der Waals surface area contributed by atoms with Crippen LogP contribution < -0.4 is 14.8 Å². The first-order valence-electron chi connectivity index (χ1n) is 6.78. The molecule has 0 spiro atoms. The van der Waals surface area contributed by atoms with Crippen molar-refractivity contribution < 1.29 is 9.47 Å². The van der Waals surface area contributed by atoms with Crippen molar-refractivity contribution in [3.63, 3.8) is 0 Å². The van der Waals surface area contributed by atoms with Gasteiger partial charge in [-0.3, -0.25) is 0 Å². The lowest BCUT2D eigenvalue weighted by Crippen LogP contribution is -2.21. The van der Waals surface area contributed by atoms with Crippen LogP contribution in [0.25, 0.3) is 0 Å². The first kappa shape index (κ1) is 13.2. The van der Waals surface area contributed by atoms with Crippen molar-refractivity contribution in [3.8, 4) is 11.5 Å². The predicted octanol–water partition coefficient (Wildman–Crippen LogP) is 3.15. The molecule has 1 N–H and O–H groups in total. The largest absolute Gasteiger partial charge is 0.486 e. The zero-order valence-corrected chi connectivity index (χ0v) is 11.5. The van der Waals surface area contributed by atoms with Gasteiger partial charge in [0.05, 0.1) is 0 Å². The van der Waals surface area contributed by atoms with Crippen molar-refractivity contribution in [2.24, 2.45) is 5.92 Å². The molecule has 2 rings (SSSR count). The van der Waals surface area contributed by atoms with Gasteiger partial charge < -0.3 is 14.8 Å². The third-order valence-corrected chi connectivity index (χ3v) is 3.35. The van der Waals surface area contributed by atoms with Crippen molar-refractivity contribution in [3.05, 3.63) is 23.8 Å². The quantitative estimate of drug-likeness (QED) is 0.869. The summed E-state index contributed by atoms with van der Waals surface area (Å²) in [5.41, 5.74) is 1.22. The zero-order valence-electron chi connectivity index (χ0n) is 11.5. The molecule has 0 aliphatic carbocycles. The molecule has 1 unspecified atom stereocenters. The highest BCUT2D eigenvalue weighted by molar-refractivity contribution is 5.48. The average Bonchev–Trinajstić information content (AvgIpc) is 2.39. The molecule has 0 saturated heterocycles. The molecule has 0 amide bonds. The maximum Gasteiger partial charge on any atom is 0.166 e. The molecule has 0 saturated carbocycles. The molecule has 1 heterocycles. The molecule has 1 atom stereocenters. The van der Waals surface area contributed by atoms with Gasteiger partial charge in [-0.1, -0.05) is 26.0 Å². The van der Waals surface area contributed by atoms with Crippen molar-refractivity contribution >= 4 is 0 Å². The molecular weight excluding hydrogens is 226 g/mol. The van der Waals surface area contributed by atoms with Gasteiger partial charge in [0.25, 0.3) is 0 Å². The van der Waals surface area contributed by atoms with Crippen LogP contribution in [0.1, 0.15) is 38.3 Å². The summed E-state index contributed by atoms with van der Waals surface area (Å²) in [4.78, 5) is 0. The van der Waals surface area contributed by atoms with Crippen LogP contribution in [-0.4, -0.2) is 20.3 Å². The number of hydrogen-bond donors (Lipinski definition) is 1. The highest BCUT2D eigenvalue weighted by atomic mass is 16.6. The van der Waals surface area contributed by atoms with Crippen LogP contribution in [0.3, 0.4) is 0 Å². The summed E-state index contributed by atoms with van der Waals surface area (Å²) in [7, 11) is 2.01. The fourth-order valence-electron chi connectivity index (χ4n) is 2.33. The summed E-state index contributed by atoms with van der Waals surface area (Å²) < 4.78 is 11.4. The van der Waals surface area contributed by atoms with Crippen LogP contribution in [0.4, 0.5) is 0 Å². The van der Waals surface area contributed by atoms with E-state index in [0.717, 1.165) is 23.8 Å². The monoisotopic (exact) mass is 249 g/mol. The fourth-order valence-corrected chi connectivity index (χ4v) is 2.33. The smallest absolute Gasteiger partial charge is 0.166 e. The summed E-state index contributed by atoms with van der Waals surface area (Å²) in [5.74, 6) is 2.52. The summed E-state index contributed by atoms with van der Waals surface area (Å²) in [6.07, 6.45) is 2.32. The van der Waals surface area contributed by atoms with Crippen LogP contribution in [0.2, 0.25) is 0 Å². The molecule has 100 valence electrons. The Bertz CT molecular complexity index is 390. The number of para-hydroxylation sites is 1. The third kappa shape index (κ3) is 2.96. The van der Waals surface area contributed by atoms with E-state index in [9.17, 15) is 0 Å². The second-order valence-electron chi connectivity index (χ2n) is 5.18. The lowest BCUT2D eigenvalue weighted by atomic mass is 9.96. The van der Waals surface area contributed by atoms with E-state index in [4.69, 9.17) is 9.47 Å². The molecule has 3 nitrogen and oxygen atoms in total. The second kappa shape index (κ2) is 6.10. The highest BCUT2D eigenvalue weighted by Gasteiger charge is 2.21. The van der Waals surface area contributed by atoms with E-state index in [-0.39, 0.29) is 0 Å². The van der Waals surface area contributed by atoms with E-state index in [1.165, 1.54) is 12.0 Å². The van der Waals surface area contributed by atoms with Gasteiger partial charge >= 0.3 is 0 Å². The standard InChI is InChI=1S/C15H23NO2/c1-11(2)7-8-13(16-3)12-5-4-6-14-15(12)18-10-9-17-14/h4-6,11,13,16H,7-10H2,1-3H3. The maximum atomic E-state index is 5.78. The predicted molar refractivity (Wildman–Crippen MR) is 73.3 cm³/mol. The highest BCUT2D eigenvalue weighted by Crippen LogP contribution is 2.38. The van der Waals surface area contributed by atoms with E-state index in [2.05, 4.69) is 25.2 Å². The summed E-state index contributed by atoms with van der Waals surface area (Å²) in [6.45, 7) is 5.80. The van der Waals surface area contributed by atoms with Crippen LogP contribution in [0.5, 0.6) is 11.5 Å². The minimum Gasteiger partial charge on any atom is -0.486 e. The van der Waals surface area contributed by atoms with Crippen molar-refractivity contribution in [1.82, 2.24) is 5.32 Å². The zero-order chi connectivity index (χ0) is 13.0. The molecule has 1 aromatic rings. The number of ether oxygens (including phenoxy) is 2. The molecule has 0 radical (unpaired) electrons. The molecule has 0 fully saturated rings. The van der Waals surface area contributed by atoms with Gasteiger partial charge in [0, 0.05) is 11.6 Å². The SMILES string of the molecule is CNC(CCC(C)C)c1cccc2c1OCCO2. The number of nitrogens with one attached hydrogen (secondary N) is 1. The molecule has 0 aromatic heterocycles. The van der Waals surface area contributed by atoms with Gasteiger partial charge in [-0.25, -0.2) is 0 Å². The fraction of sp³-hybridized carbons (Fsp3) is 0.600. The minimum atomic E-state index is 0.337. The van der Waals surface area contributed by atoms with Gasteiger partial charge in [-0.15, -0.1) is 0 Å². The third-order valence-electron chi connectivity index (χ3n) is 3.35. The molecular formula is C15H23NO2. The topological polar surface area (TPSA) is 30.5 Å². The van der Waals surface area contributed by atoms with Crippen LogP contribution in [-0.2, 0) is 0 Å². The lowest BCUT2D eigenvalue weighted by Gasteiger charge is -2.25. The number of rotatable bonds is 5. The Morgan fingerprint density at radius 2 is 1.94 bits per heavy atom. The Hall–Kier alpha value is -1.22. The Morgan fingerprint density at radius 1 is 1.17 bits per heavy atom. The number of benzene rings is 1. The summed E-state index contributed by atoms with van der Waals surface area (Å²) in [5, 5.41) is 3.39. The number of fused-ring (bicyclic) bond motifs is 1. The molecule has 18 heavy (non-hydrogen) atoms. The molecule has 3 heteroatoms. The Balaban J connectivity index is 2.19. The van der Waals surface area contributed by atoms with Crippen LogP contribution in [0.15, 0.2) is 18.2 Å². The number of hydrogen-bond acceptors (Lipinski definition) is 3. The van der Waals surface area contributed by atoms with Gasteiger partial charge in [0.1, 0.15) is 13.2 Å². The van der Waals surface area contributed by atoms with Crippen molar-refractivity contribution in [2.45, 2.75) is 32.7 Å². The van der Waals surface area contributed by atoms with E-state index in [0.29, 0.717) is 19.3 Å². The molecule has 0 bridgehead atoms. The molecule has 1 aliphatic rings. The normalized spacial score (nSPS) is 15.8. The molecule has 1 aliphatic heterocycles. The molecule has 1 aromatic carbocycles. The van der Waals surface area contributed by atoms with Gasteiger partial charge in [-0.2, -0.15) is 0 Å². The van der Waals surface area contributed by atoms with Gasteiger partial charge in [0.2, 0.25) is 0 Å². The van der Waals surface area contributed by atoms with Crippen LogP contribution in [0, 0.1) is 5.92 Å². The summed E-state index contributed by atoms with van der Waals surface area (Å²) in [6, 6.07) is 6.49. The van der Waals surface area contributed by atoms with E-state index >= 15 is 0 Å². The average molecular weight is 249 g/mol. The Labute approximate surface area is 109 Å². The Kier molecular flexibility index (Phi) is 4.48. The first-order valence-corrected chi connectivity index (χ1v) is 6.78. The summed E-state index contributed by atoms with van der Waals surface area (Å²) >= 11 is 0. The Morgan fingerprint density at radius 3 is 2.67 bits per heavy atom. The van der Waals surface area contributed by atoms with E-state index < -0.39 is 0 Å². The van der Waals surface area contributed by atoms with Crippen molar-refractivity contribution in [1.29, 1.82) is 0 Å². The second-order valence-corrected chi connectivity index (χ2v) is 5.18. The van der Waals surface area contributed by atoms with Crippen molar-refractivity contribution in [2.75, 3.05) is 20.3 Å². The first-order chi connectivity index (χ1) is 8.72. The van der Waals surface area contributed by atoms with E-state index in [1.807, 2.05) is 19.2 Å². The van der Waals surface area contributed by atoms with Gasteiger partial charge in [0.15, 0.2) is 11.5 Å².